The molecule has 0 amide bonds. The van der Waals surface area contributed by atoms with E-state index in [0.29, 0.717) is 5.56 Å². The van der Waals surface area contributed by atoms with E-state index in [0.717, 1.165) is 0 Å². The Kier molecular flexibility index (Phi) is 7.85. The van der Waals surface area contributed by atoms with Gasteiger partial charge in [0, 0.05) is 0 Å². The standard InChI is InChI=1S/C19H24O6/c1-12(2)10-24-18(22)16(19(23)25-11-13(3)4)9-14-5-7-15(8-6-14)17(20)21/h5-9,12-13H,10-11H2,1-4H3,(H,20,21). The van der Waals surface area contributed by atoms with Crippen LogP contribution in [0.2, 0.25) is 0 Å². The number of carbonyl (C=O) groups is 3. The highest BCUT2D eigenvalue weighted by molar-refractivity contribution is 6.17. The van der Waals surface area contributed by atoms with Gasteiger partial charge in [0.05, 0.1) is 18.8 Å². The van der Waals surface area contributed by atoms with Gasteiger partial charge in [-0.3, -0.25) is 0 Å². The number of ether oxygens (including phenoxy) is 2. The van der Waals surface area contributed by atoms with Crippen molar-refractivity contribution in [3.63, 3.8) is 0 Å². The molecule has 1 aromatic carbocycles. The third-order valence-corrected chi connectivity index (χ3v) is 3.00. The van der Waals surface area contributed by atoms with Crippen molar-refractivity contribution in [2.24, 2.45) is 11.8 Å². The molecule has 0 radical (unpaired) electrons. The van der Waals surface area contributed by atoms with Crippen LogP contribution < -0.4 is 0 Å². The van der Waals surface area contributed by atoms with E-state index >= 15 is 0 Å². The average molecular weight is 348 g/mol. The summed E-state index contributed by atoms with van der Waals surface area (Å²) in [5.41, 5.74) is 0.399. The van der Waals surface area contributed by atoms with Crippen molar-refractivity contribution in [2.75, 3.05) is 13.2 Å². The van der Waals surface area contributed by atoms with E-state index in [4.69, 9.17) is 14.6 Å². The molecule has 1 N–H and O–H groups in total. The first-order valence-corrected chi connectivity index (χ1v) is 8.10. The zero-order valence-corrected chi connectivity index (χ0v) is 14.9. The molecule has 25 heavy (non-hydrogen) atoms. The molecule has 0 saturated heterocycles. The number of carbonyl (C=O) groups excluding carboxylic acids is 2. The lowest BCUT2D eigenvalue weighted by Gasteiger charge is -2.11. The molecule has 0 bridgehead atoms. The van der Waals surface area contributed by atoms with E-state index in [1.54, 1.807) is 0 Å². The lowest BCUT2D eigenvalue weighted by Crippen LogP contribution is -2.21. The van der Waals surface area contributed by atoms with Crippen molar-refractivity contribution in [1.29, 1.82) is 0 Å². The third-order valence-electron chi connectivity index (χ3n) is 3.00. The average Bonchev–Trinajstić information content (AvgIpc) is 2.55. The van der Waals surface area contributed by atoms with Crippen LogP contribution >= 0.6 is 0 Å². The maximum Gasteiger partial charge on any atom is 0.345 e. The predicted octanol–water partition coefficient (Wildman–Crippen LogP) is 3.17. The number of benzene rings is 1. The van der Waals surface area contributed by atoms with Gasteiger partial charge < -0.3 is 14.6 Å². The maximum absolute atomic E-state index is 12.2. The fraction of sp³-hybridized carbons (Fsp3) is 0.421. The second-order valence-corrected chi connectivity index (χ2v) is 6.47. The van der Waals surface area contributed by atoms with Crippen LogP contribution in [0.25, 0.3) is 6.08 Å². The molecular formula is C19H24O6. The second kappa shape index (κ2) is 9.61. The summed E-state index contributed by atoms with van der Waals surface area (Å²) in [6, 6.07) is 5.80. The zero-order valence-electron chi connectivity index (χ0n) is 14.9. The molecule has 0 aliphatic carbocycles. The molecule has 0 spiro atoms. The Bertz CT molecular complexity index is 614. The number of rotatable bonds is 8. The van der Waals surface area contributed by atoms with Crippen molar-refractivity contribution >= 4 is 24.0 Å². The van der Waals surface area contributed by atoms with Gasteiger partial charge in [0.15, 0.2) is 0 Å². The Morgan fingerprint density at radius 1 is 0.920 bits per heavy atom. The lowest BCUT2D eigenvalue weighted by molar-refractivity contribution is -0.148. The Morgan fingerprint density at radius 2 is 1.36 bits per heavy atom. The van der Waals surface area contributed by atoms with Crippen LogP contribution in [0.5, 0.6) is 0 Å². The van der Waals surface area contributed by atoms with Gasteiger partial charge in [-0.25, -0.2) is 14.4 Å². The van der Waals surface area contributed by atoms with Crippen molar-refractivity contribution in [3.8, 4) is 0 Å². The first-order chi connectivity index (χ1) is 11.7. The summed E-state index contributed by atoms with van der Waals surface area (Å²) in [6.45, 7) is 7.92. The summed E-state index contributed by atoms with van der Waals surface area (Å²) < 4.78 is 10.3. The van der Waals surface area contributed by atoms with E-state index in [2.05, 4.69) is 0 Å². The molecule has 0 saturated carbocycles. The molecule has 0 aliphatic rings. The quantitative estimate of drug-likeness (QED) is 0.336. The van der Waals surface area contributed by atoms with Gasteiger partial charge in [0.2, 0.25) is 0 Å². The van der Waals surface area contributed by atoms with Gasteiger partial charge in [0.1, 0.15) is 5.57 Å². The van der Waals surface area contributed by atoms with Gasteiger partial charge in [-0.1, -0.05) is 39.8 Å². The first kappa shape index (κ1) is 20.4. The fourth-order valence-electron chi connectivity index (χ4n) is 1.73. The Labute approximate surface area is 147 Å². The molecule has 0 aromatic heterocycles. The van der Waals surface area contributed by atoms with Crippen LogP contribution in [0, 0.1) is 11.8 Å². The zero-order chi connectivity index (χ0) is 19.0. The molecule has 0 atom stereocenters. The number of carboxylic acid groups (broad SMARTS) is 1. The second-order valence-electron chi connectivity index (χ2n) is 6.47. The van der Waals surface area contributed by atoms with Gasteiger partial charge in [-0.2, -0.15) is 0 Å². The smallest absolute Gasteiger partial charge is 0.345 e. The lowest BCUT2D eigenvalue weighted by atomic mass is 10.1. The molecule has 0 heterocycles. The summed E-state index contributed by atoms with van der Waals surface area (Å²) >= 11 is 0. The summed E-state index contributed by atoms with van der Waals surface area (Å²) in [7, 11) is 0. The van der Waals surface area contributed by atoms with Gasteiger partial charge in [-0.15, -0.1) is 0 Å². The van der Waals surface area contributed by atoms with Crippen LogP contribution in [-0.2, 0) is 19.1 Å². The minimum absolute atomic E-state index is 0.114. The SMILES string of the molecule is CC(C)COC(=O)C(=Cc1ccc(C(=O)O)cc1)C(=O)OCC(C)C. The van der Waals surface area contributed by atoms with Crippen molar-refractivity contribution in [3.05, 3.63) is 41.0 Å². The summed E-state index contributed by atoms with van der Waals surface area (Å²) in [5, 5.41) is 8.91. The van der Waals surface area contributed by atoms with E-state index in [9.17, 15) is 14.4 Å². The highest BCUT2D eigenvalue weighted by Crippen LogP contribution is 2.13. The molecule has 0 aliphatic heterocycles. The van der Waals surface area contributed by atoms with E-state index in [1.165, 1.54) is 30.3 Å². The van der Waals surface area contributed by atoms with E-state index in [-0.39, 0.29) is 36.2 Å². The Hall–Kier alpha value is -2.63. The highest BCUT2D eigenvalue weighted by Gasteiger charge is 2.22. The largest absolute Gasteiger partial charge is 0.478 e. The van der Waals surface area contributed by atoms with Gasteiger partial charge in [0.25, 0.3) is 0 Å². The Balaban J connectivity index is 3.04. The topological polar surface area (TPSA) is 89.9 Å². The summed E-state index contributed by atoms with van der Waals surface area (Å²) in [6.07, 6.45) is 1.34. The van der Waals surface area contributed by atoms with E-state index < -0.39 is 17.9 Å². The first-order valence-electron chi connectivity index (χ1n) is 8.10. The summed E-state index contributed by atoms with van der Waals surface area (Å²) in [5.74, 6) is -2.31. The van der Waals surface area contributed by atoms with Crippen molar-refractivity contribution in [1.82, 2.24) is 0 Å². The summed E-state index contributed by atoms with van der Waals surface area (Å²) in [4.78, 5) is 35.3. The fourth-order valence-corrected chi connectivity index (χ4v) is 1.73. The molecule has 1 aromatic rings. The molecule has 6 heteroatoms. The monoisotopic (exact) mass is 348 g/mol. The maximum atomic E-state index is 12.2. The molecule has 0 fully saturated rings. The number of carboxylic acids is 1. The van der Waals surface area contributed by atoms with Gasteiger partial charge in [-0.05, 0) is 35.6 Å². The molecule has 1 rings (SSSR count). The molecule has 136 valence electrons. The third kappa shape index (κ3) is 7.20. The molecule has 6 nitrogen and oxygen atoms in total. The van der Waals surface area contributed by atoms with Gasteiger partial charge >= 0.3 is 17.9 Å². The predicted molar refractivity (Wildman–Crippen MR) is 93.0 cm³/mol. The van der Waals surface area contributed by atoms with Crippen LogP contribution in [0.1, 0.15) is 43.6 Å². The molecular weight excluding hydrogens is 324 g/mol. The Morgan fingerprint density at radius 3 is 1.72 bits per heavy atom. The minimum Gasteiger partial charge on any atom is -0.478 e. The van der Waals surface area contributed by atoms with Crippen LogP contribution in [0.15, 0.2) is 29.8 Å². The van der Waals surface area contributed by atoms with E-state index in [1.807, 2.05) is 27.7 Å². The number of aromatic carboxylic acids is 1. The van der Waals surface area contributed by atoms with Crippen molar-refractivity contribution < 1.29 is 29.0 Å². The molecule has 0 unspecified atom stereocenters. The van der Waals surface area contributed by atoms with Crippen LogP contribution in [0.3, 0.4) is 0 Å². The highest BCUT2D eigenvalue weighted by atomic mass is 16.6. The van der Waals surface area contributed by atoms with Crippen molar-refractivity contribution in [2.45, 2.75) is 27.7 Å². The minimum atomic E-state index is -1.05. The number of hydrogen-bond donors (Lipinski definition) is 1. The number of hydrogen-bond acceptors (Lipinski definition) is 5. The normalized spacial score (nSPS) is 10.5. The number of esters is 2. The van der Waals surface area contributed by atoms with Crippen LogP contribution in [-0.4, -0.2) is 36.2 Å². The van der Waals surface area contributed by atoms with Crippen LogP contribution in [0.4, 0.5) is 0 Å².